The van der Waals surface area contributed by atoms with Gasteiger partial charge >= 0.3 is 0 Å². The van der Waals surface area contributed by atoms with Gasteiger partial charge in [-0.3, -0.25) is 4.79 Å². The molecule has 0 bridgehead atoms. The largest absolute Gasteiger partial charge is 0.366 e. The van der Waals surface area contributed by atoms with Crippen molar-refractivity contribution in [3.63, 3.8) is 0 Å². The number of carbonyl (C=O) groups excluding carboxylic acids is 1. The van der Waals surface area contributed by atoms with Gasteiger partial charge in [-0.15, -0.1) is 0 Å². The summed E-state index contributed by atoms with van der Waals surface area (Å²) in [5.41, 5.74) is 5.79. The molecule has 112 valence electrons. The van der Waals surface area contributed by atoms with E-state index in [1.165, 1.54) is 38.5 Å². The first-order valence-electron chi connectivity index (χ1n) is 7.67. The van der Waals surface area contributed by atoms with Crippen molar-refractivity contribution in [3.05, 3.63) is 12.2 Å². The lowest BCUT2D eigenvalue weighted by molar-refractivity contribution is -0.114. The number of nitrogens with two attached hydrogens (primary N) is 1. The first kappa shape index (κ1) is 18.2. The summed E-state index contributed by atoms with van der Waals surface area (Å²) in [6, 6.07) is 0. The highest BCUT2D eigenvalue weighted by Crippen LogP contribution is 2.22. The van der Waals surface area contributed by atoms with Gasteiger partial charge in [0, 0.05) is 17.7 Å². The molecule has 0 aromatic carbocycles. The topological polar surface area (TPSA) is 55.1 Å². The number of unbranched alkanes of at least 4 members (excludes halogenated alkanes) is 4. The highest BCUT2D eigenvalue weighted by molar-refractivity contribution is 5.91. The minimum absolute atomic E-state index is 0.0993. The molecule has 0 heterocycles. The Morgan fingerprint density at radius 1 is 1.11 bits per heavy atom. The maximum absolute atomic E-state index is 11.0. The Hall–Kier alpha value is -0.830. The van der Waals surface area contributed by atoms with Crippen LogP contribution in [-0.2, 0) is 4.79 Å². The predicted molar refractivity (Wildman–Crippen MR) is 83.0 cm³/mol. The van der Waals surface area contributed by atoms with Gasteiger partial charge in [0.25, 0.3) is 0 Å². The van der Waals surface area contributed by atoms with Gasteiger partial charge in [-0.2, -0.15) is 0 Å². The number of primary amides is 1. The van der Waals surface area contributed by atoms with Gasteiger partial charge in [-0.05, 0) is 19.8 Å². The number of hydrogen-bond acceptors (Lipinski definition) is 2. The molecule has 0 rings (SSSR count). The van der Waals surface area contributed by atoms with Crippen LogP contribution in [-0.4, -0.2) is 18.0 Å². The number of rotatable bonds is 12. The molecule has 0 aliphatic carbocycles. The highest BCUT2D eigenvalue weighted by atomic mass is 16.1. The van der Waals surface area contributed by atoms with Crippen LogP contribution in [0.1, 0.15) is 72.1 Å². The summed E-state index contributed by atoms with van der Waals surface area (Å²) in [5.74, 6) is -0.406. The summed E-state index contributed by atoms with van der Waals surface area (Å²) < 4.78 is 0. The third-order valence-electron chi connectivity index (χ3n) is 3.74. The maximum Gasteiger partial charge on any atom is 0.245 e. The molecular formula is C16H32N2O. The molecule has 3 N–H and O–H groups in total. The van der Waals surface area contributed by atoms with Crippen LogP contribution in [0.3, 0.4) is 0 Å². The molecule has 1 atom stereocenters. The predicted octanol–water partition coefficient (Wildman–Crippen LogP) is 3.54. The van der Waals surface area contributed by atoms with E-state index in [0.717, 1.165) is 12.8 Å². The monoisotopic (exact) mass is 268 g/mol. The van der Waals surface area contributed by atoms with Crippen LogP contribution >= 0.6 is 0 Å². The average Bonchev–Trinajstić information content (AvgIpc) is 2.39. The van der Waals surface area contributed by atoms with E-state index in [9.17, 15) is 4.79 Å². The molecule has 1 unspecified atom stereocenters. The van der Waals surface area contributed by atoms with Gasteiger partial charge in [-0.1, -0.05) is 59.0 Å². The normalized spacial score (nSPS) is 14.1. The van der Waals surface area contributed by atoms with Crippen molar-refractivity contribution >= 4 is 5.91 Å². The van der Waals surface area contributed by atoms with E-state index in [0.29, 0.717) is 12.1 Å². The first-order chi connectivity index (χ1) is 8.95. The summed E-state index contributed by atoms with van der Waals surface area (Å²) in [7, 11) is 0. The van der Waals surface area contributed by atoms with Gasteiger partial charge in [-0.25, -0.2) is 0 Å². The van der Waals surface area contributed by atoms with E-state index in [2.05, 4.69) is 32.7 Å². The van der Waals surface area contributed by atoms with E-state index in [1.807, 2.05) is 0 Å². The Bertz CT molecular complexity index is 276. The quantitative estimate of drug-likeness (QED) is 0.420. The lowest BCUT2D eigenvalue weighted by Crippen LogP contribution is -2.44. The summed E-state index contributed by atoms with van der Waals surface area (Å²) in [4.78, 5) is 11.0. The van der Waals surface area contributed by atoms with Crippen LogP contribution in [0.2, 0.25) is 0 Å². The Morgan fingerprint density at radius 3 is 2.21 bits per heavy atom. The van der Waals surface area contributed by atoms with E-state index in [4.69, 9.17) is 5.73 Å². The van der Waals surface area contributed by atoms with Crippen LogP contribution in [0.15, 0.2) is 12.2 Å². The van der Waals surface area contributed by atoms with Crippen LogP contribution in [0.4, 0.5) is 0 Å². The molecule has 0 radical (unpaired) electrons. The molecule has 0 fully saturated rings. The van der Waals surface area contributed by atoms with Crippen LogP contribution in [0, 0.1) is 0 Å². The number of hydrogen-bond donors (Lipinski definition) is 2. The number of nitrogens with one attached hydrogen (secondary N) is 1. The minimum atomic E-state index is -0.406. The average molecular weight is 268 g/mol. The van der Waals surface area contributed by atoms with Gasteiger partial charge in [0.1, 0.15) is 0 Å². The van der Waals surface area contributed by atoms with E-state index < -0.39 is 5.91 Å². The molecule has 3 nitrogen and oxygen atoms in total. The fourth-order valence-electron chi connectivity index (χ4n) is 2.22. The van der Waals surface area contributed by atoms with Gasteiger partial charge in [0.15, 0.2) is 0 Å². The number of carbonyl (C=O) groups is 1. The zero-order chi connectivity index (χ0) is 14.7. The second-order valence-corrected chi connectivity index (χ2v) is 5.80. The molecule has 0 aliphatic heterocycles. The molecule has 0 aromatic heterocycles. The molecule has 0 saturated carbocycles. The molecule has 19 heavy (non-hydrogen) atoms. The molecular weight excluding hydrogens is 236 g/mol. The fraction of sp³-hybridized carbons (Fsp3) is 0.812. The van der Waals surface area contributed by atoms with Crippen molar-refractivity contribution < 1.29 is 4.79 Å². The van der Waals surface area contributed by atoms with Crippen molar-refractivity contribution in [1.29, 1.82) is 0 Å². The van der Waals surface area contributed by atoms with E-state index in [1.54, 1.807) is 0 Å². The molecule has 3 heteroatoms. The van der Waals surface area contributed by atoms with Gasteiger partial charge in [0.05, 0.1) is 0 Å². The maximum atomic E-state index is 11.0. The van der Waals surface area contributed by atoms with Crippen molar-refractivity contribution in [2.75, 3.05) is 6.54 Å². The second kappa shape index (κ2) is 10.0. The Balaban J connectivity index is 4.24. The zero-order valence-electron chi connectivity index (χ0n) is 13.1. The van der Waals surface area contributed by atoms with Crippen molar-refractivity contribution in [2.45, 2.75) is 77.7 Å². The molecule has 1 amide bonds. The smallest absolute Gasteiger partial charge is 0.245 e. The van der Waals surface area contributed by atoms with Crippen LogP contribution in [0.5, 0.6) is 0 Å². The SMILES string of the molecule is C=C(CNC(C)(CCCC)CCCCCC)C(N)=O. The van der Waals surface area contributed by atoms with Crippen molar-refractivity contribution in [2.24, 2.45) is 5.73 Å². The van der Waals surface area contributed by atoms with Crippen molar-refractivity contribution in [1.82, 2.24) is 5.32 Å². The highest BCUT2D eigenvalue weighted by Gasteiger charge is 2.22. The van der Waals surface area contributed by atoms with Gasteiger partial charge < -0.3 is 11.1 Å². The molecule has 0 aliphatic rings. The third-order valence-corrected chi connectivity index (χ3v) is 3.74. The molecule has 0 spiro atoms. The Kier molecular flexibility index (Phi) is 9.58. The van der Waals surface area contributed by atoms with Crippen LogP contribution < -0.4 is 11.1 Å². The van der Waals surface area contributed by atoms with Gasteiger partial charge in [0.2, 0.25) is 5.91 Å². The number of amides is 1. The molecule has 0 saturated heterocycles. The van der Waals surface area contributed by atoms with E-state index in [-0.39, 0.29) is 5.54 Å². The van der Waals surface area contributed by atoms with Crippen molar-refractivity contribution in [3.8, 4) is 0 Å². The Labute approximate surface area is 119 Å². The minimum Gasteiger partial charge on any atom is -0.366 e. The summed E-state index contributed by atoms with van der Waals surface area (Å²) >= 11 is 0. The summed E-state index contributed by atoms with van der Waals surface area (Å²) in [6.07, 6.45) is 9.79. The summed E-state index contributed by atoms with van der Waals surface area (Å²) in [6.45, 7) is 10.9. The third kappa shape index (κ3) is 8.82. The first-order valence-corrected chi connectivity index (χ1v) is 7.67. The zero-order valence-corrected chi connectivity index (χ0v) is 13.1. The second-order valence-electron chi connectivity index (χ2n) is 5.80. The standard InChI is InChI=1S/C16H32N2O/c1-5-7-9-10-12-16(4,11-8-6-2)18-13-14(3)15(17)19/h18H,3,5-13H2,1-2,4H3,(H2,17,19). The molecule has 0 aromatic rings. The Morgan fingerprint density at radius 2 is 1.68 bits per heavy atom. The lowest BCUT2D eigenvalue weighted by atomic mass is 9.88. The lowest BCUT2D eigenvalue weighted by Gasteiger charge is -2.31. The van der Waals surface area contributed by atoms with E-state index >= 15 is 0 Å². The fourth-order valence-corrected chi connectivity index (χ4v) is 2.22. The van der Waals surface area contributed by atoms with Crippen LogP contribution in [0.25, 0.3) is 0 Å². The summed E-state index contributed by atoms with van der Waals surface area (Å²) in [5, 5.41) is 3.49.